The fourth-order valence-electron chi connectivity index (χ4n) is 8.39. The molecule has 0 saturated carbocycles. The molecule has 0 N–H and O–H groups in total. The van der Waals surface area contributed by atoms with Gasteiger partial charge in [-0.1, -0.05) is 103 Å². The van der Waals surface area contributed by atoms with Gasteiger partial charge >= 0.3 is 17.9 Å². The molecule has 3 aliphatic rings. The van der Waals surface area contributed by atoms with E-state index in [2.05, 4.69) is 34.6 Å². The fourth-order valence-corrected chi connectivity index (χ4v) is 8.39. The second kappa shape index (κ2) is 19.7. The summed E-state index contributed by atoms with van der Waals surface area (Å²) in [5.74, 6) is -1.65. The molecule has 314 valence electrons. The number of esters is 3. The zero-order chi connectivity index (χ0) is 41.5. The molecule has 3 aliphatic heterocycles. The molecule has 15 atom stereocenters. The Bertz CT molecular complexity index is 1770. The standard InChI is InChI=1S/C47H60O11/c1-9-37-27(2)31(6)41(57-44(49)35-21-15-11-16-22-35)46(54-37)52-26-39-29(4)32(7)42(58-45(50)36-23-17-12-18-24-36)47(55-39)51-25-38-28(3)30(5)40(33(8)53-38)56-43(48)34-19-13-10-14-20-34/h10-24,27-33,37-42,46-47H,9,25-26H2,1-8H3. The Labute approximate surface area is 343 Å². The maximum atomic E-state index is 13.5. The first kappa shape index (κ1) is 43.4. The SMILES string of the molecule is CCC1OC(OCC2OC(OCC3OC(C)C(OC(=O)c4ccccc4)C(C)C3C)C(OC(=O)c3ccccc3)C(C)C2C)C(OC(=O)c2ccccc2)C(C)C1C. The molecule has 15 unspecified atom stereocenters. The molecule has 0 amide bonds. The van der Waals surface area contributed by atoms with Crippen LogP contribution in [0.5, 0.6) is 0 Å². The lowest BCUT2D eigenvalue weighted by Gasteiger charge is -2.47. The number of benzene rings is 3. The highest BCUT2D eigenvalue weighted by molar-refractivity contribution is 5.90. The van der Waals surface area contributed by atoms with Crippen molar-refractivity contribution >= 4 is 17.9 Å². The normalized spacial score (nSPS) is 35.1. The number of hydrogen-bond donors (Lipinski definition) is 0. The van der Waals surface area contributed by atoms with E-state index in [4.69, 9.17) is 37.9 Å². The molecule has 6 rings (SSSR count). The number of ether oxygens (including phenoxy) is 8. The lowest BCUT2D eigenvalue weighted by molar-refractivity contribution is -0.311. The van der Waals surface area contributed by atoms with Gasteiger partial charge in [0.25, 0.3) is 0 Å². The zero-order valence-electron chi connectivity index (χ0n) is 34.9. The summed E-state index contributed by atoms with van der Waals surface area (Å²) in [6.45, 7) is 16.6. The summed E-state index contributed by atoms with van der Waals surface area (Å²) in [6.07, 6.45) is -4.20. The van der Waals surface area contributed by atoms with Crippen LogP contribution in [-0.4, -0.2) is 86.4 Å². The van der Waals surface area contributed by atoms with E-state index < -0.39 is 61.0 Å². The average molecular weight is 801 g/mol. The molecule has 0 bridgehead atoms. The van der Waals surface area contributed by atoms with Gasteiger partial charge in [-0.15, -0.1) is 0 Å². The van der Waals surface area contributed by atoms with Crippen LogP contribution in [0.25, 0.3) is 0 Å². The van der Waals surface area contributed by atoms with Gasteiger partial charge in [0.15, 0.2) is 24.8 Å². The molecule has 3 saturated heterocycles. The third-order valence-corrected chi connectivity index (χ3v) is 12.8. The quantitative estimate of drug-likeness (QED) is 0.123. The highest BCUT2D eigenvalue weighted by Gasteiger charge is 2.49. The maximum absolute atomic E-state index is 13.5. The number of hydrogen-bond acceptors (Lipinski definition) is 11. The summed E-state index contributed by atoms with van der Waals surface area (Å²) in [4.78, 5) is 39.7. The van der Waals surface area contributed by atoms with E-state index in [0.717, 1.165) is 6.42 Å². The first-order valence-electron chi connectivity index (χ1n) is 20.9. The van der Waals surface area contributed by atoms with Crippen LogP contribution in [0, 0.1) is 35.5 Å². The molecule has 3 fully saturated rings. The van der Waals surface area contributed by atoms with Crippen LogP contribution in [0.15, 0.2) is 91.0 Å². The van der Waals surface area contributed by atoms with Gasteiger partial charge in [-0.25, -0.2) is 14.4 Å². The average Bonchev–Trinajstić information content (AvgIpc) is 3.25. The van der Waals surface area contributed by atoms with Crippen LogP contribution in [-0.2, 0) is 37.9 Å². The summed E-state index contributed by atoms with van der Waals surface area (Å²) < 4.78 is 51.0. The molecule has 58 heavy (non-hydrogen) atoms. The van der Waals surface area contributed by atoms with Crippen molar-refractivity contribution in [2.24, 2.45) is 35.5 Å². The lowest BCUT2D eigenvalue weighted by atomic mass is 9.81. The Morgan fingerprint density at radius 3 is 1.17 bits per heavy atom. The first-order chi connectivity index (χ1) is 27.9. The van der Waals surface area contributed by atoms with Crippen molar-refractivity contribution in [1.29, 1.82) is 0 Å². The van der Waals surface area contributed by atoms with E-state index in [9.17, 15) is 14.4 Å². The van der Waals surface area contributed by atoms with E-state index >= 15 is 0 Å². The van der Waals surface area contributed by atoms with Crippen molar-refractivity contribution in [2.45, 2.75) is 117 Å². The fraction of sp³-hybridized carbons (Fsp3) is 0.553. The molecular formula is C47H60O11. The highest BCUT2D eigenvalue weighted by atomic mass is 16.7. The van der Waals surface area contributed by atoms with Gasteiger partial charge in [0.1, 0.15) is 6.10 Å². The summed E-state index contributed by atoms with van der Waals surface area (Å²) in [7, 11) is 0. The van der Waals surface area contributed by atoms with Gasteiger partial charge in [-0.3, -0.25) is 0 Å². The van der Waals surface area contributed by atoms with E-state index in [0.29, 0.717) is 16.7 Å². The van der Waals surface area contributed by atoms with Crippen molar-refractivity contribution in [2.75, 3.05) is 13.2 Å². The van der Waals surface area contributed by atoms with Crippen molar-refractivity contribution in [1.82, 2.24) is 0 Å². The molecule has 3 heterocycles. The van der Waals surface area contributed by atoms with E-state index in [1.54, 1.807) is 72.8 Å². The van der Waals surface area contributed by atoms with Crippen LogP contribution in [0.4, 0.5) is 0 Å². The first-order valence-corrected chi connectivity index (χ1v) is 20.9. The van der Waals surface area contributed by atoms with Gasteiger partial charge in [-0.05, 0) is 67.5 Å². The molecule has 0 radical (unpaired) electrons. The van der Waals surface area contributed by atoms with Crippen LogP contribution in [0.2, 0.25) is 0 Å². The van der Waals surface area contributed by atoms with Gasteiger partial charge in [-0.2, -0.15) is 0 Å². The zero-order valence-corrected chi connectivity index (χ0v) is 34.9. The minimum atomic E-state index is -0.955. The largest absolute Gasteiger partial charge is 0.456 e. The third-order valence-electron chi connectivity index (χ3n) is 12.8. The van der Waals surface area contributed by atoms with E-state index in [1.165, 1.54) is 0 Å². The minimum Gasteiger partial charge on any atom is -0.456 e. The van der Waals surface area contributed by atoms with Crippen molar-refractivity contribution in [3.63, 3.8) is 0 Å². The van der Waals surface area contributed by atoms with E-state index in [-0.39, 0.29) is 60.9 Å². The predicted molar refractivity (Wildman–Crippen MR) is 216 cm³/mol. The number of carbonyl (C=O) groups excluding carboxylic acids is 3. The Hall–Kier alpha value is -4.13. The maximum Gasteiger partial charge on any atom is 0.338 e. The summed E-state index contributed by atoms with van der Waals surface area (Å²) in [5, 5.41) is 0. The Morgan fingerprint density at radius 1 is 0.448 bits per heavy atom. The highest BCUT2D eigenvalue weighted by Crippen LogP contribution is 2.39. The van der Waals surface area contributed by atoms with Crippen LogP contribution in [0.1, 0.15) is 92.9 Å². The smallest absolute Gasteiger partial charge is 0.338 e. The molecular weight excluding hydrogens is 741 g/mol. The number of rotatable bonds is 13. The second-order valence-corrected chi connectivity index (χ2v) is 16.4. The molecule has 11 nitrogen and oxygen atoms in total. The third kappa shape index (κ3) is 10.00. The summed E-state index contributed by atoms with van der Waals surface area (Å²) >= 11 is 0. The van der Waals surface area contributed by atoms with Crippen LogP contribution in [0.3, 0.4) is 0 Å². The second-order valence-electron chi connectivity index (χ2n) is 16.4. The monoisotopic (exact) mass is 800 g/mol. The van der Waals surface area contributed by atoms with Crippen molar-refractivity contribution in [3.05, 3.63) is 108 Å². The van der Waals surface area contributed by atoms with Crippen LogP contribution >= 0.6 is 0 Å². The predicted octanol–water partition coefficient (Wildman–Crippen LogP) is 8.16. The summed E-state index contributed by atoms with van der Waals surface area (Å²) in [6, 6.07) is 26.7. The summed E-state index contributed by atoms with van der Waals surface area (Å²) in [5.41, 5.74) is 1.37. The topological polar surface area (TPSA) is 125 Å². The Kier molecular flexibility index (Phi) is 14.8. The Morgan fingerprint density at radius 2 is 0.776 bits per heavy atom. The minimum absolute atomic E-state index is 0.0402. The molecule has 0 aliphatic carbocycles. The molecule has 11 heteroatoms. The number of carbonyl (C=O) groups is 3. The van der Waals surface area contributed by atoms with Crippen LogP contribution < -0.4 is 0 Å². The van der Waals surface area contributed by atoms with E-state index in [1.807, 2.05) is 39.0 Å². The van der Waals surface area contributed by atoms with Gasteiger partial charge in [0, 0.05) is 17.8 Å². The van der Waals surface area contributed by atoms with Gasteiger partial charge in [0.05, 0.1) is 54.3 Å². The van der Waals surface area contributed by atoms with Crippen molar-refractivity contribution in [3.8, 4) is 0 Å². The Balaban J connectivity index is 1.16. The molecule has 0 spiro atoms. The van der Waals surface area contributed by atoms with Gasteiger partial charge in [0.2, 0.25) is 0 Å². The molecule has 0 aromatic heterocycles. The van der Waals surface area contributed by atoms with Gasteiger partial charge < -0.3 is 37.9 Å². The lowest BCUT2D eigenvalue weighted by Crippen LogP contribution is -2.56. The van der Waals surface area contributed by atoms with Crippen molar-refractivity contribution < 1.29 is 52.3 Å². The molecule has 3 aromatic carbocycles. The molecule has 3 aromatic rings.